The molecule has 0 bridgehead atoms. The second-order valence-corrected chi connectivity index (χ2v) is 6.48. The molecule has 3 nitrogen and oxygen atoms in total. The number of aromatic nitrogens is 1. The minimum Gasteiger partial charge on any atom is -0.477 e. The highest BCUT2D eigenvalue weighted by Crippen LogP contribution is 2.35. The maximum Gasteiger partial charge on any atom is 0.417 e. The predicted octanol–water partition coefficient (Wildman–Crippen LogP) is 5.11. The van der Waals surface area contributed by atoms with E-state index >= 15 is 0 Å². The fourth-order valence-electron chi connectivity index (χ4n) is 2.55. The van der Waals surface area contributed by atoms with Crippen LogP contribution in [0.25, 0.3) is 0 Å². The summed E-state index contributed by atoms with van der Waals surface area (Å²) in [6.45, 7) is 4.04. The van der Waals surface area contributed by atoms with Crippen molar-refractivity contribution in [1.29, 1.82) is 0 Å². The highest BCUT2D eigenvalue weighted by Gasteiger charge is 2.33. The number of hydrogen-bond acceptors (Lipinski definition) is 1. The first-order chi connectivity index (χ1) is 11.1. The van der Waals surface area contributed by atoms with Gasteiger partial charge in [-0.15, -0.1) is 0 Å². The van der Waals surface area contributed by atoms with Crippen LogP contribution in [0.5, 0.6) is 0 Å². The lowest BCUT2D eigenvalue weighted by Crippen LogP contribution is -2.10. The minimum atomic E-state index is -4.55. The Morgan fingerprint density at radius 3 is 2.46 bits per heavy atom. The summed E-state index contributed by atoms with van der Waals surface area (Å²) >= 11 is 5.61. The number of rotatable bonds is 5. The molecule has 2 rings (SSSR count). The van der Waals surface area contributed by atoms with E-state index in [-0.39, 0.29) is 17.3 Å². The zero-order chi connectivity index (χ0) is 18.1. The lowest BCUT2D eigenvalue weighted by atomic mass is 10.1. The maximum atomic E-state index is 12.9. The molecule has 1 N–H and O–H groups in total. The Bertz CT molecular complexity index is 751. The molecule has 1 aromatic heterocycles. The molecule has 0 aliphatic rings. The van der Waals surface area contributed by atoms with E-state index < -0.39 is 17.7 Å². The monoisotopic (exact) mass is 359 g/mol. The van der Waals surface area contributed by atoms with E-state index in [1.54, 1.807) is 12.3 Å². The van der Waals surface area contributed by atoms with Gasteiger partial charge in [-0.25, -0.2) is 4.79 Å². The van der Waals surface area contributed by atoms with Crippen LogP contribution in [0.3, 0.4) is 0 Å². The summed E-state index contributed by atoms with van der Waals surface area (Å²) in [6.07, 6.45) is -2.19. The van der Waals surface area contributed by atoms with Gasteiger partial charge in [-0.05, 0) is 41.7 Å². The first-order valence-corrected chi connectivity index (χ1v) is 7.73. The average molecular weight is 360 g/mol. The molecule has 7 heteroatoms. The van der Waals surface area contributed by atoms with Gasteiger partial charge in [0.1, 0.15) is 5.69 Å². The predicted molar refractivity (Wildman–Crippen MR) is 85.5 cm³/mol. The van der Waals surface area contributed by atoms with Crippen LogP contribution in [0.2, 0.25) is 5.02 Å². The number of aromatic carboxylic acids is 1. The molecule has 0 aliphatic carbocycles. The number of nitrogens with zero attached hydrogens (tertiary/aromatic N) is 1. The maximum absolute atomic E-state index is 12.9. The molecule has 130 valence electrons. The minimum absolute atomic E-state index is 0.0278. The lowest BCUT2D eigenvalue weighted by molar-refractivity contribution is -0.137. The highest BCUT2D eigenvalue weighted by molar-refractivity contribution is 6.31. The third kappa shape index (κ3) is 4.32. The Labute approximate surface area is 142 Å². The van der Waals surface area contributed by atoms with Crippen LogP contribution < -0.4 is 0 Å². The summed E-state index contributed by atoms with van der Waals surface area (Å²) in [7, 11) is 0. The quantitative estimate of drug-likeness (QED) is 0.806. The zero-order valence-corrected chi connectivity index (χ0v) is 13.9. The van der Waals surface area contributed by atoms with Crippen LogP contribution in [0.4, 0.5) is 13.2 Å². The SMILES string of the molecule is CC(C)Cc1cc(C(=O)O)n(Cc2ccc(Cl)c(C(F)(F)F)c2)c1. The van der Waals surface area contributed by atoms with Crippen molar-refractivity contribution in [2.75, 3.05) is 0 Å². The van der Waals surface area contributed by atoms with Gasteiger partial charge in [0.2, 0.25) is 0 Å². The Balaban J connectivity index is 2.37. The molecule has 0 fully saturated rings. The Kier molecular flexibility index (Phi) is 5.28. The number of alkyl halides is 3. The van der Waals surface area contributed by atoms with Gasteiger partial charge in [0.15, 0.2) is 0 Å². The lowest BCUT2D eigenvalue weighted by Gasteiger charge is -2.12. The second-order valence-electron chi connectivity index (χ2n) is 6.08. The molecule has 0 spiro atoms. The Morgan fingerprint density at radius 2 is 1.92 bits per heavy atom. The number of hydrogen-bond donors (Lipinski definition) is 1. The van der Waals surface area contributed by atoms with Crippen LogP contribution in [0.15, 0.2) is 30.5 Å². The fraction of sp³-hybridized carbons (Fsp3) is 0.353. The van der Waals surface area contributed by atoms with Crippen LogP contribution >= 0.6 is 11.6 Å². The van der Waals surface area contributed by atoms with Crippen molar-refractivity contribution in [2.24, 2.45) is 5.92 Å². The standard InChI is InChI=1S/C17H17ClF3NO2/c1-10(2)5-12-7-15(16(23)24)22(9-12)8-11-3-4-14(18)13(6-11)17(19,20)21/h3-4,6-7,9-10H,5,8H2,1-2H3,(H,23,24). The van der Waals surface area contributed by atoms with Crippen molar-refractivity contribution in [2.45, 2.75) is 33.0 Å². The molecule has 0 saturated heterocycles. The van der Waals surface area contributed by atoms with Crippen molar-refractivity contribution in [1.82, 2.24) is 4.57 Å². The molecular formula is C17H17ClF3NO2. The number of carboxylic acid groups (broad SMARTS) is 1. The van der Waals surface area contributed by atoms with Gasteiger partial charge < -0.3 is 9.67 Å². The van der Waals surface area contributed by atoms with Crippen LogP contribution in [-0.2, 0) is 19.1 Å². The number of carboxylic acids is 1. The van der Waals surface area contributed by atoms with E-state index in [0.717, 1.165) is 11.6 Å². The number of halogens is 4. The largest absolute Gasteiger partial charge is 0.477 e. The van der Waals surface area contributed by atoms with Crippen molar-refractivity contribution in [3.8, 4) is 0 Å². The third-order valence-electron chi connectivity index (χ3n) is 3.51. The Hall–Kier alpha value is -1.95. The first kappa shape index (κ1) is 18.4. The highest BCUT2D eigenvalue weighted by atomic mass is 35.5. The zero-order valence-electron chi connectivity index (χ0n) is 13.2. The summed E-state index contributed by atoms with van der Waals surface area (Å²) in [4.78, 5) is 11.4. The van der Waals surface area contributed by atoms with Crippen LogP contribution in [-0.4, -0.2) is 15.6 Å². The van der Waals surface area contributed by atoms with Crippen molar-refractivity contribution >= 4 is 17.6 Å². The van der Waals surface area contributed by atoms with Gasteiger partial charge in [-0.3, -0.25) is 0 Å². The number of carbonyl (C=O) groups is 1. The molecule has 2 aromatic rings. The van der Waals surface area contributed by atoms with Crippen molar-refractivity contribution in [3.63, 3.8) is 0 Å². The molecule has 0 aliphatic heterocycles. The van der Waals surface area contributed by atoms with E-state index in [1.807, 2.05) is 13.8 Å². The topological polar surface area (TPSA) is 42.2 Å². The summed E-state index contributed by atoms with van der Waals surface area (Å²) in [5, 5.41) is 8.92. The molecule has 0 unspecified atom stereocenters. The molecule has 1 aromatic carbocycles. The first-order valence-electron chi connectivity index (χ1n) is 7.36. The van der Waals surface area contributed by atoms with Crippen molar-refractivity contribution in [3.05, 3.63) is 57.9 Å². The van der Waals surface area contributed by atoms with Gasteiger partial charge in [0, 0.05) is 12.7 Å². The average Bonchev–Trinajstić information content (AvgIpc) is 2.81. The number of benzene rings is 1. The summed E-state index contributed by atoms with van der Waals surface area (Å²) in [5.74, 6) is -0.773. The van der Waals surface area contributed by atoms with Gasteiger partial charge in [0.05, 0.1) is 10.6 Å². The summed E-state index contributed by atoms with van der Waals surface area (Å²) in [6, 6.07) is 5.16. The van der Waals surface area contributed by atoms with Gasteiger partial charge in [-0.2, -0.15) is 13.2 Å². The van der Waals surface area contributed by atoms with Crippen LogP contribution in [0.1, 0.15) is 41.0 Å². The van der Waals surface area contributed by atoms with E-state index in [4.69, 9.17) is 11.6 Å². The van der Waals surface area contributed by atoms with Crippen molar-refractivity contribution < 1.29 is 23.1 Å². The summed E-state index contributed by atoms with van der Waals surface area (Å²) in [5.41, 5.74) is 0.301. The molecule has 24 heavy (non-hydrogen) atoms. The molecular weight excluding hydrogens is 343 g/mol. The fourth-order valence-corrected chi connectivity index (χ4v) is 2.77. The smallest absolute Gasteiger partial charge is 0.417 e. The third-order valence-corrected chi connectivity index (χ3v) is 3.83. The molecule has 0 atom stereocenters. The van der Waals surface area contributed by atoms with E-state index in [2.05, 4.69) is 0 Å². The molecule has 0 radical (unpaired) electrons. The van der Waals surface area contributed by atoms with Gasteiger partial charge in [0.25, 0.3) is 0 Å². The van der Waals surface area contributed by atoms with Gasteiger partial charge >= 0.3 is 12.1 Å². The molecule has 1 heterocycles. The summed E-state index contributed by atoms with van der Waals surface area (Å²) < 4.78 is 40.3. The van der Waals surface area contributed by atoms with E-state index in [1.165, 1.54) is 16.7 Å². The second kappa shape index (κ2) is 6.89. The molecule has 0 amide bonds. The van der Waals surface area contributed by atoms with E-state index in [0.29, 0.717) is 17.9 Å². The van der Waals surface area contributed by atoms with E-state index in [9.17, 15) is 23.1 Å². The van der Waals surface area contributed by atoms with Crippen LogP contribution in [0, 0.1) is 5.92 Å². The Morgan fingerprint density at radius 1 is 1.25 bits per heavy atom. The molecule has 0 saturated carbocycles. The normalized spacial score (nSPS) is 12.0. The van der Waals surface area contributed by atoms with Gasteiger partial charge in [-0.1, -0.05) is 31.5 Å².